The zero-order valence-electron chi connectivity index (χ0n) is 11.6. The van der Waals surface area contributed by atoms with Gasteiger partial charge in [-0.3, -0.25) is 9.78 Å². The van der Waals surface area contributed by atoms with Crippen LogP contribution in [0.3, 0.4) is 0 Å². The fraction of sp³-hybridized carbons (Fsp3) is 0.714. The molecule has 1 aliphatic carbocycles. The van der Waals surface area contributed by atoms with Crippen LogP contribution in [0.15, 0.2) is 14.5 Å². The summed E-state index contributed by atoms with van der Waals surface area (Å²) in [6, 6.07) is 0. The maximum Gasteiger partial charge on any atom is 0.325 e. The van der Waals surface area contributed by atoms with Gasteiger partial charge in [0.05, 0.1) is 4.90 Å². The maximum absolute atomic E-state index is 11.9. The summed E-state index contributed by atoms with van der Waals surface area (Å²) in [7, 11) is 0. The molecule has 0 amide bonds. The molecule has 1 aromatic heterocycles. The molecule has 1 heterocycles. The summed E-state index contributed by atoms with van der Waals surface area (Å²) < 4.78 is 0. The van der Waals surface area contributed by atoms with E-state index in [4.69, 9.17) is 0 Å². The maximum atomic E-state index is 11.9. The number of hydrogen-bond acceptors (Lipinski definition) is 3. The van der Waals surface area contributed by atoms with Crippen LogP contribution in [0.2, 0.25) is 0 Å². The van der Waals surface area contributed by atoms with Gasteiger partial charge in [0, 0.05) is 10.9 Å². The van der Waals surface area contributed by atoms with Gasteiger partial charge in [0.25, 0.3) is 5.56 Å². The van der Waals surface area contributed by atoms with Crippen molar-refractivity contribution in [1.29, 1.82) is 0 Å². The lowest BCUT2D eigenvalue weighted by Crippen LogP contribution is -2.27. The lowest BCUT2D eigenvalue weighted by molar-refractivity contribution is 0.352. The molecule has 2 N–H and O–H groups in total. The lowest BCUT2D eigenvalue weighted by Gasteiger charge is -2.22. The van der Waals surface area contributed by atoms with E-state index in [1.54, 1.807) is 0 Å². The number of nitrogens with one attached hydrogen (secondary N) is 2. The summed E-state index contributed by atoms with van der Waals surface area (Å²) in [4.78, 5) is 29.3. The van der Waals surface area contributed by atoms with Crippen LogP contribution in [0.4, 0.5) is 0 Å². The highest BCUT2D eigenvalue weighted by Crippen LogP contribution is 2.29. The molecule has 1 aliphatic rings. The average Bonchev–Trinajstić information content (AvgIpc) is 2.34. The predicted molar refractivity (Wildman–Crippen MR) is 79.0 cm³/mol. The van der Waals surface area contributed by atoms with Crippen molar-refractivity contribution in [2.45, 2.75) is 62.5 Å². The van der Waals surface area contributed by atoms with Crippen molar-refractivity contribution in [2.75, 3.05) is 0 Å². The SMILES string of the molecule is CC(C)Sc1c(CC2CCCCC2)[nH]c(=O)[nH]c1=O. The van der Waals surface area contributed by atoms with Crippen molar-refractivity contribution in [3.63, 3.8) is 0 Å². The van der Waals surface area contributed by atoms with Crippen LogP contribution >= 0.6 is 11.8 Å². The Labute approximate surface area is 117 Å². The zero-order valence-corrected chi connectivity index (χ0v) is 12.4. The van der Waals surface area contributed by atoms with E-state index in [0.29, 0.717) is 16.1 Å². The van der Waals surface area contributed by atoms with Gasteiger partial charge in [0.2, 0.25) is 0 Å². The van der Waals surface area contributed by atoms with Crippen LogP contribution in [0.5, 0.6) is 0 Å². The van der Waals surface area contributed by atoms with Gasteiger partial charge in [0.1, 0.15) is 0 Å². The first-order valence-electron chi connectivity index (χ1n) is 7.08. The van der Waals surface area contributed by atoms with E-state index in [0.717, 1.165) is 12.1 Å². The first kappa shape index (κ1) is 14.4. The van der Waals surface area contributed by atoms with E-state index in [-0.39, 0.29) is 11.2 Å². The Kier molecular flexibility index (Phi) is 4.91. The fourth-order valence-corrected chi connectivity index (χ4v) is 3.61. The molecule has 0 aromatic carbocycles. The first-order valence-corrected chi connectivity index (χ1v) is 7.96. The van der Waals surface area contributed by atoms with Crippen LogP contribution in [-0.2, 0) is 6.42 Å². The molecule has 2 rings (SSSR count). The Morgan fingerprint density at radius 3 is 2.47 bits per heavy atom. The smallest absolute Gasteiger partial charge is 0.310 e. The van der Waals surface area contributed by atoms with Crippen molar-refractivity contribution in [3.8, 4) is 0 Å². The standard InChI is InChI=1S/C14H22N2O2S/c1-9(2)19-12-11(15-14(18)16-13(12)17)8-10-6-4-3-5-7-10/h9-10H,3-8H2,1-2H3,(H2,15,16,17,18). The molecule has 5 heteroatoms. The van der Waals surface area contributed by atoms with Gasteiger partial charge >= 0.3 is 5.69 Å². The monoisotopic (exact) mass is 282 g/mol. The first-order chi connectivity index (χ1) is 9.06. The molecule has 0 radical (unpaired) electrons. The molecule has 106 valence electrons. The fourth-order valence-electron chi connectivity index (χ4n) is 2.71. The number of hydrogen-bond donors (Lipinski definition) is 2. The molecule has 0 unspecified atom stereocenters. The van der Waals surface area contributed by atoms with Crippen molar-refractivity contribution in [3.05, 3.63) is 26.5 Å². The largest absolute Gasteiger partial charge is 0.325 e. The molecular formula is C14H22N2O2S. The van der Waals surface area contributed by atoms with Crippen LogP contribution < -0.4 is 11.2 Å². The highest BCUT2D eigenvalue weighted by Gasteiger charge is 2.18. The number of thioether (sulfide) groups is 1. The van der Waals surface area contributed by atoms with Gasteiger partial charge in [-0.05, 0) is 12.3 Å². The van der Waals surface area contributed by atoms with E-state index in [1.165, 1.54) is 43.9 Å². The van der Waals surface area contributed by atoms with Crippen molar-refractivity contribution >= 4 is 11.8 Å². The summed E-state index contributed by atoms with van der Waals surface area (Å²) in [5.74, 6) is 0.609. The molecule has 0 aliphatic heterocycles. The normalized spacial score (nSPS) is 17.0. The van der Waals surface area contributed by atoms with E-state index in [2.05, 4.69) is 23.8 Å². The lowest BCUT2D eigenvalue weighted by atomic mass is 9.86. The van der Waals surface area contributed by atoms with Crippen molar-refractivity contribution in [2.24, 2.45) is 5.92 Å². The van der Waals surface area contributed by atoms with Gasteiger partial charge in [0.15, 0.2) is 0 Å². The Balaban J connectivity index is 2.26. The van der Waals surface area contributed by atoms with Gasteiger partial charge in [-0.15, -0.1) is 11.8 Å². The van der Waals surface area contributed by atoms with Crippen LogP contribution in [0.1, 0.15) is 51.6 Å². The Morgan fingerprint density at radius 1 is 1.16 bits per heavy atom. The minimum atomic E-state index is -0.385. The molecule has 1 aromatic rings. The van der Waals surface area contributed by atoms with Gasteiger partial charge in [-0.2, -0.15) is 0 Å². The zero-order chi connectivity index (χ0) is 13.8. The second-order valence-electron chi connectivity index (χ2n) is 5.59. The number of H-pyrrole nitrogens is 2. The van der Waals surface area contributed by atoms with Crippen LogP contribution in [0.25, 0.3) is 0 Å². The van der Waals surface area contributed by atoms with E-state index in [9.17, 15) is 9.59 Å². The molecule has 0 spiro atoms. The second-order valence-corrected chi connectivity index (χ2v) is 7.18. The van der Waals surface area contributed by atoms with E-state index in [1.807, 2.05) is 0 Å². The predicted octanol–water partition coefficient (Wildman–Crippen LogP) is 2.69. The molecular weight excluding hydrogens is 260 g/mol. The molecule has 1 fully saturated rings. The number of aromatic amines is 2. The Bertz CT molecular complexity index is 527. The number of aromatic nitrogens is 2. The van der Waals surface area contributed by atoms with E-state index >= 15 is 0 Å². The Morgan fingerprint density at radius 2 is 1.84 bits per heavy atom. The topological polar surface area (TPSA) is 65.7 Å². The highest BCUT2D eigenvalue weighted by molar-refractivity contribution is 7.99. The highest BCUT2D eigenvalue weighted by atomic mass is 32.2. The van der Waals surface area contributed by atoms with Crippen LogP contribution in [0, 0.1) is 5.92 Å². The summed E-state index contributed by atoms with van der Waals surface area (Å²) in [6.07, 6.45) is 7.10. The molecule has 19 heavy (non-hydrogen) atoms. The number of rotatable bonds is 4. The van der Waals surface area contributed by atoms with Gasteiger partial charge in [-0.25, -0.2) is 4.79 Å². The Hall–Kier alpha value is -0.970. The van der Waals surface area contributed by atoms with Gasteiger partial charge in [-0.1, -0.05) is 46.0 Å². The second kappa shape index (κ2) is 6.46. The van der Waals surface area contributed by atoms with Gasteiger partial charge < -0.3 is 4.98 Å². The third kappa shape index (κ3) is 4.00. The third-order valence-corrected chi connectivity index (χ3v) is 4.68. The summed E-state index contributed by atoms with van der Waals surface area (Å²) in [5, 5.41) is 0.331. The van der Waals surface area contributed by atoms with Crippen LogP contribution in [-0.4, -0.2) is 15.2 Å². The van der Waals surface area contributed by atoms with E-state index < -0.39 is 0 Å². The summed E-state index contributed by atoms with van der Waals surface area (Å²) in [5.41, 5.74) is 0.205. The minimum absolute atomic E-state index is 0.242. The molecule has 1 saturated carbocycles. The quantitative estimate of drug-likeness (QED) is 0.834. The molecule has 0 bridgehead atoms. The third-order valence-electron chi connectivity index (χ3n) is 3.54. The molecule has 0 atom stereocenters. The summed E-state index contributed by atoms with van der Waals surface area (Å²) in [6.45, 7) is 4.11. The summed E-state index contributed by atoms with van der Waals surface area (Å²) >= 11 is 1.54. The van der Waals surface area contributed by atoms with Crippen molar-refractivity contribution in [1.82, 2.24) is 9.97 Å². The minimum Gasteiger partial charge on any atom is -0.310 e. The molecule has 0 saturated heterocycles. The van der Waals surface area contributed by atoms with Crippen molar-refractivity contribution < 1.29 is 0 Å². The average molecular weight is 282 g/mol. The molecule has 4 nitrogen and oxygen atoms in total.